The number of anilines is 1. The van der Waals surface area contributed by atoms with Crippen LogP contribution < -0.4 is 5.32 Å². The fourth-order valence-electron chi connectivity index (χ4n) is 3.06. The third-order valence-electron chi connectivity index (χ3n) is 4.53. The Hall–Kier alpha value is -2.10. The number of rotatable bonds is 5. The van der Waals surface area contributed by atoms with Crippen molar-refractivity contribution >= 4 is 34.8 Å². The Bertz CT molecular complexity index is 840. The van der Waals surface area contributed by atoms with Crippen molar-refractivity contribution in [3.8, 4) is 6.07 Å². The van der Waals surface area contributed by atoms with Crippen molar-refractivity contribution in [2.24, 2.45) is 0 Å². The Morgan fingerprint density at radius 1 is 1.00 bits per heavy atom. The number of halogens is 2. The SMILES string of the molecule is N#Cc1ccc(Cl)cc1NC(=O)CN1CCN(Cc2ccc(Cl)cc2)CC1. The van der Waals surface area contributed by atoms with Gasteiger partial charge in [0.1, 0.15) is 6.07 Å². The molecular weight excluding hydrogens is 383 g/mol. The highest BCUT2D eigenvalue weighted by atomic mass is 35.5. The van der Waals surface area contributed by atoms with Gasteiger partial charge in [-0.2, -0.15) is 5.26 Å². The molecular formula is C20H20Cl2N4O. The first-order valence-electron chi connectivity index (χ1n) is 8.72. The molecule has 2 aromatic carbocycles. The molecule has 0 radical (unpaired) electrons. The molecule has 3 rings (SSSR count). The fraction of sp³-hybridized carbons (Fsp3) is 0.300. The number of carbonyl (C=O) groups excluding carboxylic acids is 1. The maximum atomic E-state index is 12.3. The Kier molecular flexibility index (Phi) is 6.70. The topological polar surface area (TPSA) is 59.4 Å². The van der Waals surface area contributed by atoms with Gasteiger partial charge in [0, 0.05) is 42.8 Å². The minimum absolute atomic E-state index is 0.139. The molecule has 0 unspecified atom stereocenters. The number of hydrogen-bond donors (Lipinski definition) is 1. The molecule has 1 saturated heterocycles. The zero-order valence-electron chi connectivity index (χ0n) is 14.8. The summed E-state index contributed by atoms with van der Waals surface area (Å²) in [6.07, 6.45) is 0. The first-order valence-corrected chi connectivity index (χ1v) is 9.48. The van der Waals surface area contributed by atoms with Gasteiger partial charge in [-0.25, -0.2) is 0 Å². The average molecular weight is 403 g/mol. The van der Waals surface area contributed by atoms with Crippen molar-refractivity contribution < 1.29 is 4.79 Å². The van der Waals surface area contributed by atoms with Gasteiger partial charge in [-0.15, -0.1) is 0 Å². The summed E-state index contributed by atoms with van der Waals surface area (Å²) in [5, 5.41) is 13.2. The number of nitrogens with one attached hydrogen (secondary N) is 1. The zero-order chi connectivity index (χ0) is 19.2. The molecule has 5 nitrogen and oxygen atoms in total. The van der Waals surface area contributed by atoms with E-state index >= 15 is 0 Å². The monoisotopic (exact) mass is 402 g/mol. The average Bonchev–Trinajstić information content (AvgIpc) is 2.65. The molecule has 0 bridgehead atoms. The molecule has 1 aliphatic rings. The molecule has 0 atom stereocenters. The molecule has 1 heterocycles. The summed E-state index contributed by atoms with van der Waals surface area (Å²) in [7, 11) is 0. The Balaban J connectivity index is 1.47. The highest BCUT2D eigenvalue weighted by Gasteiger charge is 2.19. The number of piperazine rings is 1. The zero-order valence-corrected chi connectivity index (χ0v) is 16.3. The van der Waals surface area contributed by atoms with Gasteiger partial charge in [0.2, 0.25) is 5.91 Å². The van der Waals surface area contributed by atoms with Gasteiger partial charge in [0.25, 0.3) is 0 Å². The molecule has 1 fully saturated rings. The maximum Gasteiger partial charge on any atom is 0.238 e. The van der Waals surface area contributed by atoms with Crippen LogP contribution in [0.5, 0.6) is 0 Å². The standard InChI is InChI=1S/C20H20Cl2N4O/c21-17-4-1-15(2-5-17)13-25-7-9-26(10-8-25)14-20(27)24-19-11-18(22)6-3-16(19)12-23/h1-6,11H,7-10,13-14H2,(H,24,27). The molecule has 0 aliphatic carbocycles. The van der Waals surface area contributed by atoms with Crippen LogP contribution in [-0.2, 0) is 11.3 Å². The molecule has 140 valence electrons. The van der Waals surface area contributed by atoms with Crippen LogP contribution in [0.4, 0.5) is 5.69 Å². The van der Waals surface area contributed by atoms with Crippen LogP contribution in [0.3, 0.4) is 0 Å². The van der Waals surface area contributed by atoms with E-state index in [1.54, 1.807) is 18.2 Å². The minimum Gasteiger partial charge on any atom is -0.324 e. The first kappa shape index (κ1) is 19.7. The molecule has 27 heavy (non-hydrogen) atoms. The number of hydrogen-bond acceptors (Lipinski definition) is 4. The summed E-state index contributed by atoms with van der Waals surface area (Å²) in [6, 6.07) is 14.8. The smallest absolute Gasteiger partial charge is 0.238 e. The number of amides is 1. The van der Waals surface area contributed by atoms with Crippen LogP contribution in [0.2, 0.25) is 10.0 Å². The molecule has 1 amide bonds. The van der Waals surface area contributed by atoms with E-state index in [0.29, 0.717) is 22.8 Å². The van der Waals surface area contributed by atoms with E-state index < -0.39 is 0 Å². The van der Waals surface area contributed by atoms with Gasteiger partial charge in [-0.1, -0.05) is 35.3 Å². The third kappa shape index (κ3) is 5.69. The lowest BCUT2D eigenvalue weighted by atomic mass is 10.2. The van der Waals surface area contributed by atoms with Gasteiger partial charge in [-0.3, -0.25) is 14.6 Å². The molecule has 0 spiro atoms. The summed E-state index contributed by atoms with van der Waals surface area (Å²) in [5.41, 5.74) is 2.09. The van der Waals surface area contributed by atoms with Crippen LogP contribution in [-0.4, -0.2) is 48.4 Å². The lowest BCUT2D eigenvalue weighted by molar-refractivity contribution is -0.117. The third-order valence-corrected chi connectivity index (χ3v) is 5.01. The van der Waals surface area contributed by atoms with Crippen molar-refractivity contribution in [2.45, 2.75) is 6.54 Å². The lowest BCUT2D eigenvalue weighted by Crippen LogP contribution is -2.48. The second kappa shape index (κ2) is 9.20. The van der Waals surface area contributed by atoms with Crippen LogP contribution in [0.1, 0.15) is 11.1 Å². The Morgan fingerprint density at radius 2 is 1.63 bits per heavy atom. The summed E-state index contributed by atoms with van der Waals surface area (Å²) in [6.45, 7) is 4.62. The summed E-state index contributed by atoms with van der Waals surface area (Å²) < 4.78 is 0. The largest absolute Gasteiger partial charge is 0.324 e. The van der Waals surface area contributed by atoms with Crippen molar-refractivity contribution in [3.63, 3.8) is 0 Å². The highest BCUT2D eigenvalue weighted by molar-refractivity contribution is 6.31. The van der Waals surface area contributed by atoms with Crippen LogP contribution in [0.15, 0.2) is 42.5 Å². The van der Waals surface area contributed by atoms with Crippen molar-refractivity contribution in [3.05, 3.63) is 63.6 Å². The van der Waals surface area contributed by atoms with Crippen molar-refractivity contribution in [1.82, 2.24) is 9.80 Å². The van der Waals surface area contributed by atoms with E-state index in [1.165, 1.54) is 5.56 Å². The molecule has 7 heteroatoms. The number of benzene rings is 2. The quantitative estimate of drug-likeness (QED) is 0.829. The second-order valence-electron chi connectivity index (χ2n) is 6.53. The van der Waals surface area contributed by atoms with Crippen LogP contribution >= 0.6 is 23.2 Å². The second-order valence-corrected chi connectivity index (χ2v) is 7.40. The molecule has 0 saturated carbocycles. The number of carbonyl (C=O) groups is 1. The normalized spacial score (nSPS) is 15.3. The van der Waals surface area contributed by atoms with Gasteiger partial charge < -0.3 is 5.32 Å². The van der Waals surface area contributed by atoms with Crippen LogP contribution in [0, 0.1) is 11.3 Å². The highest BCUT2D eigenvalue weighted by Crippen LogP contribution is 2.20. The lowest BCUT2D eigenvalue weighted by Gasteiger charge is -2.34. The minimum atomic E-state index is -0.139. The molecule has 1 aliphatic heterocycles. The van der Waals surface area contributed by atoms with Gasteiger partial charge >= 0.3 is 0 Å². The van der Waals surface area contributed by atoms with E-state index in [9.17, 15) is 4.79 Å². The van der Waals surface area contributed by atoms with Gasteiger partial charge in [0.05, 0.1) is 17.8 Å². The summed E-state index contributed by atoms with van der Waals surface area (Å²) in [4.78, 5) is 16.8. The summed E-state index contributed by atoms with van der Waals surface area (Å²) >= 11 is 11.9. The van der Waals surface area contributed by atoms with E-state index in [0.717, 1.165) is 37.7 Å². The Morgan fingerprint density at radius 3 is 2.30 bits per heavy atom. The van der Waals surface area contributed by atoms with Crippen LogP contribution in [0.25, 0.3) is 0 Å². The first-order chi connectivity index (χ1) is 13.0. The van der Waals surface area contributed by atoms with E-state index in [2.05, 4.69) is 21.2 Å². The van der Waals surface area contributed by atoms with E-state index in [4.69, 9.17) is 28.5 Å². The predicted molar refractivity (Wildman–Crippen MR) is 108 cm³/mol. The van der Waals surface area contributed by atoms with Crippen molar-refractivity contribution in [1.29, 1.82) is 5.26 Å². The van der Waals surface area contributed by atoms with E-state index in [-0.39, 0.29) is 5.91 Å². The van der Waals surface area contributed by atoms with Gasteiger partial charge in [0.15, 0.2) is 0 Å². The molecule has 0 aromatic heterocycles. The van der Waals surface area contributed by atoms with Crippen molar-refractivity contribution in [2.75, 3.05) is 38.0 Å². The number of nitriles is 1. The summed E-state index contributed by atoms with van der Waals surface area (Å²) in [5.74, 6) is -0.139. The maximum absolute atomic E-state index is 12.3. The Labute approximate surface area is 169 Å². The molecule has 2 aromatic rings. The predicted octanol–water partition coefficient (Wildman–Crippen LogP) is 3.62. The fourth-order valence-corrected chi connectivity index (χ4v) is 3.36. The number of nitrogens with zero attached hydrogens (tertiary/aromatic N) is 3. The van der Waals surface area contributed by atoms with E-state index in [1.807, 2.05) is 24.3 Å². The molecule has 1 N–H and O–H groups in total. The van der Waals surface area contributed by atoms with Gasteiger partial charge in [-0.05, 0) is 35.9 Å².